The Kier molecular flexibility index (Phi) is 28.3. The number of primary amides is 1. The summed E-state index contributed by atoms with van der Waals surface area (Å²) in [5, 5.41) is 19.3. The number of nitrogens with one attached hydrogen (secondary N) is 3. The maximum Gasteiger partial charge on any atom is 0.410 e. The maximum absolute atomic E-state index is 14.7. The Morgan fingerprint density at radius 1 is 0.775 bits per heavy atom. The highest BCUT2D eigenvalue weighted by Gasteiger charge is 2.44. The lowest BCUT2D eigenvalue weighted by molar-refractivity contribution is -0.148. The largest absolute Gasteiger partial charge is 0.445 e. The van der Waals surface area contributed by atoms with Gasteiger partial charge in [-0.3, -0.25) is 33.7 Å². The summed E-state index contributed by atoms with van der Waals surface area (Å²) < 4.78 is 17.7. The first-order valence-electron chi connectivity index (χ1n) is 28.5. The number of methoxy groups -OCH3 is 2. The van der Waals surface area contributed by atoms with E-state index >= 15 is 0 Å². The number of nitrogens with zero attached hydrogens (tertiary/aromatic N) is 3. The minimum absolute atomic E-state index is 0.0568. The number of aliphatic hydroxyl groups is 1. The fraction of sp³-hybridized carbons (Fsp3) is 0.667. The van der Waals surface area contributed by atoms with Crippen molar-refractivity contribution in [3.63, 3.8) is 0 Å². The van der Waals surface area contributed by atoms with E-state index in [0.717, 1.165) is 5.56 Å². The summed E-state index contributed by atoms with van der Waals surface area (Å²) in [4.78, 5) is 113. The fourth-order valence-corrected chi connectivity index (χ4v) is 10.8. The van der Waals surface area contributed by atoms with E-state index in [4.69, 9.17) is 25.7 Å². The molecule has 0 saturated carbocycles. The zero-order valence-electron chi connectivity index (χ0n) is 50.1. The number of amides is 7. The number of hydrogen-bond acceptors (Lipinski definition) is 13. The van der Waals surface area contributed by atoms with Crippen molar-refractivity contribution in [2.75, 3.05) is 46.7 Å². The number of carbonyl (C=O) groups excluding carboxylic acids is 8. The van der Waals surface area contributed by atoms with E-state index in [0.29, 0.717) is 49.9 Å². The summed E-state index contributed by atoms with van der Waals surface area (Å²) in [6.07, 6.45) is -0.218. The molecule has 1 aliphatic rings. The van der Waals surface area contributed by atoms with Gasteiger partial charge in [-0.1, -0.05) is 118 Å². The molecule has 0 radical (unpaired) electrons. The molecule has 20 nitrogen and oxygen atoms in total. The van der Waals surface area contributed by atoms with Gasteiger partial charge in [0, 0.05) is 71.8 Å². The average molecular weight is 1120 g/mol. The molecule has 0 spiro atoms. The second-order valence-corrected chi connectivity index (χ2v) is 22.9. The number of aliphatic hydroxyl groups excluding tert-OH is 1. The smallest absolute Gasteiger partial charge is 0.410 e. The van der Waals surface area contributed by atoms with E-state index in [1.165, 1.54) is 19.1 Å². The number of ether oxygens (including phenoxy) is 3. The Labute approximate surface area is 475 Å². The number of carbonyl (C=O) groups is 8. The van der Waals surface area contributed by atoms with Crippen molar-refractivity contribution in [3.05, 3.63) is 65.7 Å². The summed E-state index contributed by atoms with van der Waals surface area (Å²) in [7, 11) is 6.18. The Balaban J connectivity index is 1.70. The average Bonchev–Trinajstić information content (AvgIpc) is 3.91. The van der Waals surface area contributed by atoms with E-state index in [1.54, 1.807) is 62.1 Å². The lowest BCUT2D eigenvalue weighted by Crippen LogP contribution is -2.60. The lowest BCUT2D eigenvalue weighted by atomic mass is 9.85. The molecule has 0 bridgehead atoms. The van der Waals surface area contributed by atoms with Crippen molar-refractivity contribution in [1.29, 1.82) is 0 Å². The standard InChI is InChI=1S/C60H96N8O12/c1-15-38(8)53(48(78-13)33-49(71)68-30-20-24-45(68)55(79-14)40(10)46(69)31-39(9)54(72)42-21-17-16-18-22-42)66(11)58(75)51(36(4)5)65-57(74)52(37(6)7)67(12)60(77)80-34-41-25-27-44(28-26-41)64-56(73)43(23-19-29-63-59(62)76)32-47(70)50(61)35(2)3/h16-18,21-22,25-28,35-40,43,45,48,50-55,72H,15,19-20,23-24,29-34,61H2,1-14H3,(H,64,73)(H,65,74)(H3,62,63,76)/t38-,39-,40-,43+,45-,48+,50-,51-,52-,53-,54+,55+/m0/s1. The topological polar surface area (TPSA) is 282 Å². The molecule has 8 N–H and O–H groups in total. The summed E-state index contributed by atoms with van der Waals surface area (Å²) in [5.74, 6) is -4.51. The first-order chi connectivity index (χ1) is 37.7. The molecule has 1 fully saturated rings. The van der Waals surface area contributed by atoms with Gasteiger partial charge >= 0.3 is 12.1 Å². The van der Waals surface area contributed by atoms with Crippen molar-refractivity contribution in [2.45, 2.75) is 176 Å². The third-order valence-electron chi connectivity index (χ3n) is 15.9. The molecule has 80 heavy (non-hydrogen) atoms. The molecule has 0 aliphatic carbocycles. The molecule has 1 saturated heterocycles. The molecular formula is C60H96N8O12. The minimum atomic E-state index is -1.04. The van der Waals surface area contributed by atoms with Gasteiger partial charge in [0.15, 0.2) is 5.78 Å². The SMILES string of the molecule is CC[C@H](C)[C@@H]([C@@H](CC(=O)N1CCC[C@H]1[C@H](OC)[C@@H](C)C(=O)C[C@H](C)[C@@H](O)c1ccccc1)OC)N(C)C(=O)[C@@H](NC(=O)[C@H](C(C)C)N(C)C(=O)OCc1ccc(NC(=O)[C@H](CCCNC(N)=O)CC(=O)[C@@H](N)C(C)C)cc1)C(C)C. The van der Waals surface area contributed by atoms with Crippen LogP contribution in [0.2, 0.25) is 0 Å². The number of likely N-dealkylation sites (N-methyl/N-ethyl adjacent to an activating group) is 2. The Hall–Kier alpha value is -5.96. The molecule has 0 unspecified atom stereocenters. The molecule has 12 atom stereocenters. The van der Waals surface area contributed by atoms with Gasteiger partial charge in [0.05, 0.1) is 42.9 Å². The fourth-order valence-electron chi connectivity index (χ4n) is 10.8. The van der Waals surface area contributed by atoms with Crippen LogP contribution in [0, 0.1) is 41.4 Å². The van der Waals surface area contributed by atoms with Gasteiger partial charge < -0.3 is 56.5 Å². The summed E-state index contributed by atoms with van der Waals surface area (Å²) in [5.41, 5.74) is 13.0. The number of nitrogens with two attached hydrogens (primary N) is 2. The van der Waals surface area contributed by atoms with E-state index in [9.17, 15) is 43.5 Å². The third-order valence-corrected chi connectivity index (χ3v) is 15.9. The molecule has 0 aromatic heterocycles. The number of hydrogen-bond donors (Lipinski definition) is 6. The Bertz CT molecular complexity index is 2320. The van der Waals surface area contributed by atoms with Crippen molar-refractivity contribution in [2.24, 2.45) is 52.9 Å². The van der Waals surface area contributed by atoms with E-state index in [1.807, 2.05) is 85.7 Å². The maximum atomic E-state index is 14.7. The lowest BCUT2D eigenvalue weighted by Gasteiger charge is -2.41. The van der Waals surface area contributed by atoms with Gasteiger partial charge in [0.2, 0.25) is 23.6 Å². The van der Waals surface area contributed by atoms with Crippen molar-refractivity contribution < 1.29 is 57.7 Å². The van der Waals surface area contributed by atoms with Crippen LogP contribution in [-0.2, 0) is 49.6 Å². The van der Waals surface area contributed by atoms with Crippen LogP contribution in [0.4, 0.5) is 15.3 Å². The molecule has 1 aliphatic heterocycles. The number of Topliss-reactive ketones (excluding diaryl/α,β-unsaturated/α-hetero) is 2. The number of likely N-dealkylation sites (tertiary alicyclic amines) is 1. The van der Waals surface area contributed by atoms with Crippen LogP contribution in [0.15, 0.2) is 54.6 Å². The normalized spacial score (nSPS) is 17.7. The highest BCUT2D eigenvalue weighted by atomic mass is 16.6. The van der Waals surface area contributed by atoms with E-state index in [2.05, 4.69) is 16.0 Å². The molecule has 2 aromatic carbocycles. The molecule has 20 heteroatoms. The number of ketones is 2. The summed E-state index contributed by atoms with van der Waals surface area (Å²) >= 11 is 0. The minimum Gasteiger partial charge on any atom is -0.445 e. The zero-order chi connectivity index (χ0) is 60.1. The molecule has 1 heterocycles. The number of rotatable bonds is 33. The van der Waals surface area contributed by atoms with Crippen molar-refractivity contribution in [3.8, 4) is 0 Å². The first-order valence-corrected chi connectivity index (χ1v) is 28.5. The van der Waals surface area contributed by atoms with Crippen LogP contribution in [0.25, 0.3) is 0 Å². The van der Waals surface area contributed by atoms with Gasteiger partial charge in [0.25, 0.3) is 0 Å². The summed E-state index contributed by atoms with van der Waals surface area (Å²) in [6, 6.07) is 11.4. The van der Waals surface area contributed by atoms with Crippen LogP contribution >= 0.6 is 0 Å². The highest BCUT2D eigenvalue weighted by molar-refractivity contribution is 5.96. The second kappa shape index (κ2) is 33.1. The van der Waals surface area contributed by atoms with Crippen LogP contribution in [-0.4, -0.2) is 151 Å². The van der Waals surface area contributed by atoms with Gasteiger partial charge in [-0.05, 0) is 78.5 Å². The van der Waals surface area contributed by atoms with Gasteiger partial charge in [-0.2, -0.15) is 0 Å². The molecule has 448 valence electrons. The number of anilines is 1. The Morgan fingerprint density at radius 3 is 1.96 bits per heavy atom. The monoisotopic (exact) mass is 1120 g/mol. The number of urea groups is 1. The summed E-state index contributed by atoms with van der Waals surface area (Å²) in [6.45, 7) is 19.0. The predicted octanol–water partition coefficient (Wildman–Crippen LogP) is 6.62. The third kappa shape index (κ3) is 19.6. The van der Waals surface area contributed by atoms with Gasteiger partial charge in [0.1, 0.15) is 24.5 Å². The molecule has 7 amide bonds. The Morgan fingerprint density at radius 2 is 1.41 bits per heavy atom. The second-order valence-electron chi connectivity index (χ2n) is 22.9. The van der Waals surface area contributed by atoms with E-state index in [-0.39, 0.29) is 79.6 Å². The van der Waals surface area contributed by atoms with Crippen molar-refractivity contribution in [1.82, 2.24) is 25.3 Å². The first kappa shape index (κ1) is 68.3. The zero-order valence-corrected chi connectivity index (χ0v) is 50.1. The van der Waals surface area contributed by atoms with Crippen molar-refractivity contribution >= 4 is 53.0 Å². The van der Waals surface area contributed by atoms with Crippen LogP contribution in [0.5, 0.6) is 0 Å². The quantitative estimate of drug-likeness (QED) is 0.0411. The van der Waals surface area contributed by atoms with Crippen LogP contribution < -0.4 is 27.4 Å². The predicted molar refractivity (Wildman–Crippen MR) is 307 cm³/mol. The van der Waals surface area contributed by atoms with Gasteiger partial charge in [-0.25, -0.2) is 9.59 Å². The van der Waals surface area contributed by atoms with Crippen LogP contribution in [0.1, 0.15) is 138 Å². The van der Waals surface area contributed by atoms with E-state index < -0.39 is 90.1 Å². The molecular weight excluding hydrogens is 1020 g/mol. The van der Waals surface area contributed by atoms with Crippen LogP contribution in [0.3, 0.4) is 0 Å². The number of benzene rings is 2. The molecule has 2 aromatic rings. The molecule has 3 rings (SSSR count). The van der Waals surface area contributed by atoms with Gasteiger partial charge in [-0.15, -0.1) is 0 Å². The highest BCUT2D eigenvalue weighted by Crippen LogP contribution is 2.32.